The third-order valence-electron chi connectivity index (χ3n) is 4.85. The molecule has 0 spiro atoms. The molecule has 2 aromatic rings. The largest absolute Gasteiger partial charge is 0.383 e. The van der Waals surface area contributed by atoms with Gasteiger partial charge in [-0.3, -0.25) is 0 Å². The maximum atomic E-state index is 12.8. The molecule has 0 amide bonds. The predicted molar refractivity (Wildman–Crippen MR) is 120 cm³/mol. The van der Waals surface area contributed by atoms with E-state index in [4.69, 9.17) is 4.18 Å². The van der Waals surface area contributed by atoms with Gasteiger partial charge in [0.1, 0.15) is 10.7 Å². The summed E-state index contributed by atoms with van der Waals surface area (Å²) in [5, 5.41) is 9.60. The van der Waals surface area contributed by atoms with Crippen LogP contribution < -0.4 is 0 Å². The van der Waals surface area contributed by atoms with Crippen molar-refractivity contribution in [1.82, 2.24) is 4.31 Å². The Morgan fingerprint density at radius 3 is 1.81 bits per heavy atom. The van der Waals surface area contributed by atoms with Crippen molar-refractivity contribution in [2.24, 2.45) is 5.92 Å². The molecule has 0 aliphatic carbocycles. The van der Waals surface area contributed by atoms with Crippen LogP contribution in [-0.4, -0.2) is 21.1 Å². The monoisotopic (exact) mass is 470 g/mol. The maximum absolute atomic E-state index is 12.8. The van der Waals surface area contributed by atoms with Gasteiger partial charge in [-0.25, -0.2) is 12.7 Å². The van der Waals surface area contributed by atoms with Crippen LogP contribution >= 0.6 is 0 Å². The number of aryl methyl sites for hydroxylation is 2. The van der Waals surface area contributed by atoms with Crippen LogP contribution in [0.3, 0.4) is 0 Å². The predicted octanol–water partition coefficient (Wildman–Crippen LogP) is 4.15. The number of hydrogen-bond acceptors (Lipinski definition) is 6. The van der Waals surface area contributed by atoms with E-state index in [9.17, 15) is 22.1 Å². The number of benzene rings is 2. The zero-order valence-corrected chi connectivity index (χ0v) is 19.4. The molecule has 0 radical (unpaired) electrons. The lowest BCUT2D eigenvalue weighted by Gasteiger charge is -2.22. The van der Waals surface area contributed by atoms with Crippen LogP contribution in [0.2, 0.25) is 0 Å². The highest BCUT2D eigenvalue weighted by atomic mass is 32.2. The summed E-state index contributed by atoms with van der Waals surface area (Å²) in [7, 11) is -7.90. The smallest absolute Gasteiger partial charge is 0.338 e. The molecule has 0 aromatic heterocycles. The zero-order chi connectivity index (χ0) is 23.5. The molecular formula is C23H22N2O5S2. The van der Waals surface area contributed by atoms with Crippen molar-refractivity contribution in [3.63, 3.8) is 0 Å². The van der Waals surface area contributed by atoms with Gasteiger partial charge in [-0.2, -0.15) is 13.7 Å². The molecule has 1 heterocycles. The molecule has 0 unspecified atom stereocenters. The number of allylic oxidation sites excluding steroid dienone is 4. The van der Waals surface area contributed by atoms with Crippen molar-refractivity contribution in [2.45, 2.75) is 30.6 Å². The van der Waals surface area contributed by atoms with Gasteiger partial charge in [0.15, 0.2) is 0 Å². The van der Waals surface area contributed by atoms with Crippen LogP contribution in [-0.2, 0) is 24.3 Å². The van der Waals surface area contributed by atoms with E-state index in [1.807, 2.05) is 19.9 Å². The molecule has 7 nitrogen and oxygen atoms in total. The third kappa shape index (κ3) is 4.93. The Labute approximate surface area is 188 Å². The lowest BCUT2D eigenvalue weighted by atomic mass is 9.98. The summed E-state index contributed by atoms with van der Waals surface area (Å²) >= 11 is 0. The highest BCUT2D eigenvalue weighted by molar-refractivity contribution is 7.89. The normalized spacial score (nSPS) is 15.2. The molecule has 0 bridgehead atoms. The SMILES string of the molecule is C/C(OS(=O)(=O)c1ccc(C)cc1)=C(/C#N)C1C=CN(S(=O)(=O)c2ccc(C)cc2)C=C1. The minimum Gasteiger partial charge on any atom is -0.383 e. The minimum absolute atomic E-state index is 0.0233. The van der Waals surface area contributed by atoms with Crippen molar-refractivity contribution < 1.29 is 21.0 Å². The number of sulfonamides is 1. The highest BCUT2D eigenvalue weighted by Crippen LogP contribution is 2.27. The first-order valence-corrected chi connectivity index (χ1v) is 12.5. The second-order valence-electron chi connectivity index (χ2n) is 7.29. The van der Waals surface area contributed by atoms with E-state index in [-0.39, 0.29) is 21.1 Å². The van der Waals surface area contributed by atoms with Crippen LogP contribution in [0.15, 0.2) is 94.2 Å². The summed E-state index contributed by atoms with van der Waals surface area (Å²) in [6, 6.07) is 14.6. The van der Waals surface area contributed by atoms with Crippen molar-refractivity contribution >= 4 is 20.1 Å². The van der Waals surface area contributed by atoms with E-state index < -0.39 is 26.1 Å². The molecule has 0 saturated carbocycles. The van der Waals surface area contributed by atoms with E-state index in [1.165, 1.54) is 55.7 Å². The van der Waals surface area contributed by atoms with Gasteiger partial charge in [-0.1, -0.05) is 47.5 Å². The average Bonchev–Trinajstić information content (AvgIpc) is 2.75. The molecule has 2 aromatic carbocycles. The van der Waals surface area contributed by atoms with Gasteiger partial charge in [0, 0.05) is 18.3 Å². The highest BCUT2D eigenvalue weighted by Gasteiger charge is 2.25. The molecule has 3 rings (SSSR count). The van der Waals surface area contributed by atoms with Gasteiger partial charge in [0.05, 0.1) is 16.5 Å². The maximum Gasteiger partial charge on any atom is 0.338 e. The van der Waals surface area contributed by atoms with E-state index in [0.29, 0.717) is 0 Å². The first kappa shape index (κ1) is 23.3. The van der Waals surface area contributed by atoms with E-state index >= 15 is 0 Å². The molecule has 9 heteroatoms. The van der Waals surface area contributed by atoms with Crippen molar-refractivity contribution in [2.75, 3.05) is 0 Å². The Hall–Kier alpha value is -3.35. The summed E-state index contributed by atoms with van der Waals surface area (Å²) in [4.78, 5) is 0.112. The molecule has 0 saturated heterocycles. The third-order valence-corrected chi connectivity index (χ3v) is 7.84. The fraction of sp³-hybridized carbons (Fsp3) is 0.174. The van der Waals surface area contributed by atoms with E-state index in [0.717, 1.165) is 15.4 Å². The van der Waals surface area contributed by atoms with Gasteiger partial charge >= 0.3 is 10.1 Å². The Morgan fingerprint density at radius 2 is 1.34 bits per heavy atom. The summed E-state index contributed by atoms with van der Waals surface area (Å²) in [6.07, 6.45) is 5.66. The standard InChI is InChI=1S/C23H22N2O5S2/c1-17-4-8-21(9-5-17)31(26,27)25-14-12-20(13-15-25)23(16-24)19(3)30-32(28,29)22-10-6-18(2)7-11-22/h4-15,20H,1-3H3/b23-19+. The van der Waals surface area contributed by atoms with Crippen molar-refractivity contribution in [3.05, 3.63) is 95.5 Å². The van der Waals surface area contributed by atoms with Crippen molar-refractivity contribution in [3.8, 4) is 6.07 Å². The lowest BCUT2D eigenvalue weighted by Crippen LogP contribution is -2.23. The quantitative estimate of drug-likeness (QED) is 0.357. The fourth-order valence-electron chi connectivity index (χ4n) is 3.00. The van der Waals surface area contributed by atoms with Crippen LogP contribution in [0.1, 0.15) is 18.1 Å². The topological polar surface area (TPSA) is 105 Å². The zero-order valence-electron chi connectivity index (χ0n) is 17.8. The van der Waals surface area contributed by atoms with E-state index in [2.05, 4.69) is 0 Å². The summed E-state index contributed by atoms with van der Waals surface area (Å²) in [6.45, 7) is 5.09. The Kier molecular flexibility index (Phi) is 6.57. The molecule has 166 valence electrons. The first-order chi connectivity index (χ1) is 15.0. The van der Waals surface area contributed by atoms with Crippen molar-refractivity contribution in [1.29, 1.82) is 5.26 Å². The second-order valence-corrected chi connectivity index (χ2v) is 10.7. The molecule has 1 aliphatic rings. The van der Waals surface area contributed by atoms with Gasteiger partial charge in [-0.15, -0.1) is 0 Å². The molecule has 0 N–H and O–H groups in total. The summed E-state index contributed by atoms with van der Waals surface area (Å²) < 4.78 is 56.9. The molecule has 32 heavy (non-hydrogen) atoms. The van der Waals surface area contributed by atoms with Gasteiger partial charge in [0.25, 0.3) is 10.0 Å². The Balaban J connectivity index is 1.82. The minimum atomic E-state index is -4.11. The van der Waals surface area contributed by atoms with Gasteiger partial charge in [-0.05, 0) is 45.0 Å². The number of rotatable bonds is 6. The van der Waals surface area contributed by atoms with Crippen LogP contribution in [0.25, 0.3) is 0 Å². The lowest BCUT2D eigenvalue weighted by molar-refractivity contribution is 0.402. The Bertz CT molecular complexity index is 1330. The first-order valence-electron chi connectivity index (χ1n) is 9.63. The van der Waals surface area contributed by atoms with Gasteiger partial charge < -0.3 is 4.18 Å². The fourth-order valence-corrected chi connectivity index (χ4v) is 5.17. The number of nitriles is 1. The van der Waals surface area contributed by atoms with Crippen LogP contribution in [0.5, 0.6) is 0 Å². The van der Waals surface area contributed by atoms with E-state index in [1.54, 1.807) is 24.3 Å². The average molecular weight is 471 g/mol. The molecule has 1 aliphatic heterocycles. The number of nitrogens with zero attached hydrogens (tertiary/aromatic N) is 2. The summed E-state index contributed by atoms with van der Waals surface area (Å²) in [5.74, 6) is -0.722. The summed E-state index contributed by atoms with van der Waals surface area (Å²) in [5.41, 5.74) is 1.89. The van der Waals surface area contributed by atoms with Crippen LogP contribution in [0, 0.1) is 31.1 Å². The van der Waals surface area contributed by atoms with Gasteiger partial charge in [0.2, 0.25) is 0 Å². The molecule has 0 atom stereocenters. The molecular weight excluding hydrogens is 448 g/mol. The Morgan fingerprint density at radius 1 is 0.875 bits per heavy atom. The second kappa shape index (κ2) is 9.02. The van der Waals surface area contributed by atoms with Crippen LogP contribution in [0.4, 0.5) is 0 Å². The number of hydrogen-bond donors (Lipinski definition) is 0. The molecule has 0 fully saturated rings.